The van der Waals surface area contributed by atoms with Crippen molar-refractivity contribution in [3.63, 3.8) is 0 Å². The van der Waals surface area contributed by atoms with Crippen LogP contribution in [0.5, 0.6) is 0 Å². The molecule has 0 aliphatic rings. The number of aliphatic carboxylic acids is 1. The van der Waals surface area contributed by atoms with Gasteiger partial charge in [0.25, 0.3) is 0 Å². The van der Waals surface area contributed by atoms with Gasteiger partial charge in [-0.15, -0.1) is 11.3 Å². The van der Waals surface area contributed by atoms with E-state index in [0.717, 1.165) is 16.5 Å². The Labute approximate surface area is 120 Å². The largest absolute Gasteiger partial charge is 0.478 e. The molecule has 0 atom stereocenters. The van der Waals surface area contributed by atoms with Crippen LogP contribution in [0.4, 0.5) is 0 Å². The highest BCUT2D eigenvalue weighted by molar-refractivity contribution is 7.10. The zero-order chi connectivity index (χ0) is 15.1. The maximum atomic E-state index is 11.7. The van der Waals surface area contributed by atoms with Crippen LogP contribution in [0, 0.1) is 0 Å². The second-order valence-electron chi connectivity index (χ2n) is 4.18. The maximum Gasteiger partial charge on any atom is 0.328 e. The third-order valence-electron chi connectivity index (χ3n) is 2.40. The number of carboxylic acids is 1. The molecule has 1 rings (SSSR count). The summed E-state index contributed by atoms with van der Waals surface area (Å²) in [7, 11) is 1.65. The van der Waals surface area contributed by atoms with Crippen molar-refractivity contribution >= 4 is 35.2 Å². The lowest BCUT2D eigenvalue weighted by Crippen LogP contribution is -2.36. The Kier molecular flexibility index (Phi) is 5.92. The van der Waals surface area contributed by atoms with Crippen molar-refractivity contribution in [1.29, 1.82) is 0 Å². The molecule has 0 fully saturated rings. The Morgan fingerprint density at radius 3 is 2.75 bits per heavy atom. The summed E-state index contributed by atoms with van der Waals surface area (Å²) in [6.45, 7) is 1.75. The van der Waals surface area contributed by atoms with Crippen molar-refractivity contribution in [3.05, 3.63) is 28.0 Å². The van der Waals surface area contributed by atoms with Crippen molar-refractivity contribution in [2.75, 3.05) is 13.6 Å². The van der Waals surface area contributed by atoms with E-state index in [9.17, 15) is 14.4 Å². The predicted octanol–water partition coefficient (Wildman–Crippen LogP) is 0.940. The average Bonchev–Trinajstić information content (AvgIpc) is 2.81. The van der Waals surface area contributed by atoms with Gasteiger partial charge in [-0.2, -0.15) is 0 Å². The number of carboxylic acid groups (broad SMARTS) is 1. The van der Waals surface area contributed by atoms with Gasteiger partial charge in [-0.25, -0.2) is 4.79 Å². The van der Waals surface area contributed by atoms with E-state index in [2.05, 4.69) is 5.32 Å². The van der Waals surface area contributed by atoms with Gasteiger partial charge in [0.1, 0.15) is 0 Å². The molecule has 0 aromatic carbocycles. The van der Waals surface area contributed by atoms with Crippen LogP contribution in [0.1, 0.15) is 17.4 Å². The van der Waals surface area contributed by atoms with E-state index in [4.69, 9.17) is 5.11 Å². The predicted molar refractivity (Wildman–Crippen MR) is 76.1 cm³/mol. The number of amides is 2. The average molecular weight is 296 g/mol. The van der Waals surface area contributed by atoms with Crippen LogP contribution >= 0.6 is 11.3 Å². The van der Waals surface area contributed by atoms with E-state index in [1.807, 2.05) is 11.4 Å². The van der Waals surface area contributed by atoms with E-state index < -0.39 is 5.97 Å². The maximum absolute atomic E-state index is 11.7. The van der Waals surface area contributed by atoms with Crippen LogP contribution in [-0.2, 0) is 20.9 Å². The van der Waals surface area contributed by atoms with E-state index in [-0.39, 0.29) is 18.4 Å². The molecule has 0 radical (unpaired) electrons. The van der Waals surface area contributed by atoms with E-state index in [1.165, 1.54) is 29.2 Å². The zero-order valence-corrected chi connectivity index (χ0v) is 12.1. The third-order valence-corrected chi connectivity index (χ3v) is 3.34. The first-order valence-corrected chi connectivity index (χ1v) is 6.73. The summed E-state index contributed by atoms with van der Waals surface area (Å²) < 4.78 is 0. The smallest absolute Gasteiger partial charge is 0.328 e. The number of carbonyl (C=O) groups excluding carboxylic acids is 2. The van der Waals surface area contributed by atoms with Crippen LogP contribution in [0.25, 0.3) is 6.08 Å². The van der Waals surface area contributed by atoms with Gasteiger partial charge in [0.15, 0.2) is 0 Å². The standard InChI is InChI=1S/C13H16N2O4S/c1-9(16)14-6-12(17)15(2)7-11-5-10(8-20-11)3-4-13(18)19/h3-5,8H,6-7H2,1-2H3,(H,14,16)(H,18,19). The van der Waals surface area contributed by atoms with Crippen LogP contribution in [0.3, 0.4) is 0 Å². The van der Waals surface area contributed by atoms with Crippen molar-refractivity contribution in [2.45, 2.75) is 13.5 Å². The lowest BCUT2D eigenvalue weighted by molar-refractivity contribution is -0.132. The van der Waals surface area contributed by atoms with E-state index in [0.29, 0.717) is 6.54 Å². The van der Waals surface area contributed by atoms with Gasteiger partial charge in [0, 0.05) is 24.9 Å². The lowest BCUT2D eigenvalue weighted by Gasteiger charge is -2.16. The zero-order valence-electron chi connectivity index (χ0n) is 11.3. The first-order valence-electron chi connectivity index (χ1n) is 5.85. The highest BCUT2D eigenvalue weighted by Gasteiger charge is 2.10. The number of carbonyl (C=O) groups is 3. The van der Waals surface area contributed by atoms with Crippen LogP contribution in [-0.4, -0.2) is 41.4 Å². The first kappa shape index (κ1) is 15.9. The first-order chi connectivity index (χ1) is 9.38. The molecule has 0 saturated heterocycles. The number of rotatable bonds is 6. The number of likely N-dealkylation sites (N-methyl/N-ethyl adjacent to an activating group) is 1. The van der Waals surface area contributed by atoms with Crippen molar-refractivity contribution in [3.8, 4) is 0 Å². The van der Waals surface area contributed by atoms with Gasteiger partial charge >= 0.3 is 5.97 Å². The van der Waals surface area contributed by atoms with E-state index >= 15 is 0 Å². The fourth-order valence-corrected chi connectivity index (χ4v) is 2.30. The van der Waals surface area contributed by atoms with E-state index in [1.54, 1.807) is 7.05 Å². The number of thiophene rings is 1. The van der Waals surface area contributed by atoms with Crippen LogP contribution in [0.15, 0.2) is 17.5 Å². The number of hydrogen-bond acceptors (Lipinski definition) is 4. The lowest BCUT2D eigenvalue weighted by atomic mass is 10.3. The SMILES string of the molecule is CC(=O)NCC(=O)N(C)Cc1cc(C=CC(=O)O)cs1. The summed E-state index contributed by atoms with van der Waals surface area (Å²) in [5.74, 6) is -1.43. The van der Waals surface area contributed by atoms with Gasteiger partial charge in [-0.1, -0.05) is 0 Å². The van der Waals surface area contributed by atoms with Gasteiger partial charge in [-0.3, -0.25) is 9.59 Å². The van der Waals surface area contributed by atoms with Gasteiger partial charge in [0.2, 0.25) is 11.8 Å². The molecule has 2 N–H and O–H groups in total. The van der Waals surface area contributed by atoms with Crippen molar-refractivity contribution in [1.82, 2.24) is 10.2 Å². The molecule has 0 unspecified atom stereocenters. The molecular formula is C13H16N2O4S. The Balaban J connectivity index is 2.53. The molecule has 20 heavy (non-hydrogen) atoms. The minimum absolute atomic E-state index is 0.0248. The molecule has 0 aliphatic heterocycles. The number of nitrogens with zero attached hydrogens (tertiary/aromatic N) is 1. The molecule has 0 saturated carbocycles. The minimum Gasteiger partial charge on any atom is -0.478 e. The molecule has 0 spiro atoms. The Morgan fingerprint density at radius 1 is 1.45 bits per heavy atom. The summed E-state index contributed by atoms with van der Waals surface area (Å²) in [6.07, 6.45) is 2.57. The molecule has 0 bridgehead atoms. The fourth-order valence-electron chi connectivity index (χ4n) is 1.39. The Hall–Kier alpha value is -2.15. The van der Waals surface area contributed by atoms with Crippen molar-refractivity contribution < 1.29 is 19.5 Å². The van der Waals surface area contributed by atoms with Gasteiger partial charge in [-0.05, 0) is 23.1 Å². The molecule has 0 aliphatic carbocycles. The van der Waals surface area contributed by atoms with Gasteiger partial charge < -0.3 is 15.3 Å². The minimum atomic E-state index is -1.000. The summed E-state index contributed by atoms with van der Waals surface area (Å²) >= 11 is 1.45. The summed E-state index contributed by atoms with van der Waals surface area (Å²) in [4.78, 5) is 35.3. The topological polar surface area (TPSA) is 86.7 Å². The molecule has 1 heterocycles. The number of hydrogen-bond donors (Lipinski definition) is 2. The normalized spacial score (nSPS) is 10.5. The third kappa shape index (κ3) is 5.66. The molecule has 7 heteroatoms. The molecule has 2 amide bonds. The van der Waals surface area contributed by atoms with Gasteiger partial charge in [0.05, 0.1) is 13.1 Å². The highest BCUT2D eigenvalue weighted by atomic mass is 32.1. The Morgan fingerprint density at radius 2 is 2.15 bits per heavy atom. The summed E-state index contributed by atoms with van der Waals surface area (Å²) in [5, 5.41) is 12.8. The van der Waals surface area contributed by atoms with Crippen molar-refractivity contribution in [2.24, 2.45) is 0 Å². The highest BCUT2D eigenvalue weighted by Crippen LogP contribution is 2.17. The second-order valence-corrected chi connectivity index (χ2v) is 5.17. The summed E-state index contributed by atoms with van der Waals surface area (Å²) in [5.41, 5.74) is 0.787. The molecule has 108 valence electrons. The Bertz CT molecular complexity index is 536. The second kappa shape index (κ2) is 7.44. The molecule has 1 aromatic heterocycles. The monoisotopic (exact) mass is 296 g/mol. The molecular weight excluding hydrogens is 280 g/mol. The molecule has 6 nitrogen and oxygen atoms in total. The summed E-state index contributed by atoms with van der Waals surface area (Å²) in [6, 6.07) is 1.83. The van der Waals surface area contributed by atoms with Crippen LogP contribution < -0.4 is 5.32 Å². The number of nitrogens with one attached hydrogen (secondary N) is 1. The molecule has 1 aromatic rings. The fraction of sp³-hybridized carbons (Fsp3) is 0.308. The quantitative estimate of drug-likeness (QED) is 0.765. The van der Waals surface area contributed by atoms with Crippen LogP contribution in [0.2, 0.25) is 0 Å².